The van der Waals surface area contributed by atoms with E-state index in [1.807, 2.05) is 32.8 Å². The van der Waals surface area contributed by atoms with Crippen molar-refractivity contribution in [3.63, 3.8) is 0 Å². The van der Waals surface area contributed by atoms with Crippen molar-refractivity contribution < 1.29 is 4.74 Å². The van der Waals surface area contributed by atoms with Gasteiger partial charge in [0.1, 0.15) is 0 Å². The third-order valence-corrected chi connectivity index (χ3v) is 3.59. The number of hydrogen-bond acceptors (Lipinski definition) is 6. The van der Waals surface area contributed by atoms with Crippen LogP contribution in [-0.4, -0.2) is 32.7 Å². The fourth-order valence-corrected chi connectivity index (χ4v) is 2.24. The van der Waals surface area contributed by atoms with Crippen LogP contribution in [0.2, 0.25) is 0 Å². The summed E-state index contributed by atoms with van der Waals surface area (Å²) < 4.78 is 5.25. The second-order valence-electron chi connectivity index (χ2n) is 4.92. The molecule has 0 saturated carbocycles. The lowest BCUT2D eigenvalue weighted by molar-refractivity contribution is 0.391. The van der Waals surface area contributed by atoms with E-state index in [0.717, 1.165) is 10.0 Å². The summed E-state index contributed by atoms with van der Waals surface area (Å²) in [6.45, 7) is 5.13. The Kier molecular flexibility index (Phi) is 4.93. The number of rotatable bonds is 6. The van der Waals surface area contributed by atoms with E-state index in [9.17, 15) is 0 Å². The number of methoxy groups -OCH3 is 1. The molecule has 0 atom stereocenters. The Hall–Kier alpha value is -1.32. The third-order valence-electron chi connectivity index (χ3n) is 2.38. The zero-order valence-corrected chi connectivity index (χ0v) is 12.4. The van der Waals surface area contributed by atoms with Crippen LogP contribution in [0.1, 0.15) is 18.7 Å². The molecule has 0 aliphatic rings. The van der Waals surface area contributed by atoms with Crippen molar-refractivity contribution >= 4 is 16.5 Å². The lowest BCUT2D eigenvalue weighted by atomic mass is 9.96. The minimum atomic E-state index is -0.359. The summed E-state index contributed by atoms with van der Waals surface area (Å²) in [5.41, 5.74) is -0.359. The Balaban J connectivity index is 2.65. The van der Waals surface area contributed by atoms with Gasteiger partial charge >= 0.3 is 0 Å². The summed E-state index contributed by atoms with van der Waals surface area (Å²) >= 11 is 1.59. The maximum absolute atomic E-state index is 8.94. The molecule has 0 aliphatic carbocycles. The fourth-order valence-electron chi connectivity index (χ4n) is 1.32. The molecule has 100 valence electrons. The summed E-state index contributed by atoms with van der Waals surface area (Å²) in [5, 5.41) is 13.1. The topological polar surface area (TPSA) is 61.2 Å². The highest BCUT2D eigenvalue weighted by atomic mass is 32.1. The normalized spacial score (nSPS) is 11.1. The van der Waals surface area contributed by atoms with Crippen LogP contribution in [0.15, 0.2) is 0 Å². The molecule has 0 fully saturated rings. The van der Waals surface area contributed by atoms with Crippen molar-refractivity contribution in [3.05, 3.63) is 4.88 Å². The minimum Gasteiger partial charge on any atom is -0.480 e. The van der Waals surface area contributed by atoms with E-state index in [4.69, 9.17) is 10.00 Å². The van der Waals surface area contributed by atoms with Crippen molar-refractivity contribution in [1.29, 1.82) is 5.26 Å². The molecule has 1 aromatic rings. The van der Waals surface area contributed by atoms with Crippen LogP contribution in [0, 0.1) is 16.7 Å². The Morgan fingerprint density at radius 3 is 2.67 bits per heavy atom. The molecule has 5 nitrogen and oxygen atoms in total. The van der Waals surface area contributed by atoms with Crippen molar-refractivity contribution in [2.45, 2.75) is 20.4 Å². The number of hydrogen-bond donors (Lipinski definition) is 1. The predicted molar refractivity (Wildman–Crippen MR) is 74.1 cm³/mol. The van der Waals surface area contributed by atoms with E-state index in [1.54, 1.807) is 18.4 Å². The molecule has 1 heterocycles. The second kappa shape index (κ2) is 6.03. The summed E-state index contributed by atoms with van der Waals surface area (Å²) in [6, 6.07) is 2.27. The van der Waals surface area contributed by atoms with Crippen LogP contribution < -0.4 is 15.0 Å². The molecule has 0 bridgehead atoms. The molecular formula is C12H20N4OS. The van der Waals surface area contributed by atoms with Gasteiger partial charge in [0.05, 0.1) is 23.5 Å². The largest absolute Gasteiger partial charge is 0.480 e. The Bertz CT molecular complexity index is 434. The average molecular weight is 268 g/mol. The molecule has 18 heavy (non-hydrogen) atoms. The third kappa shape index (κ3) is 3.86. The van der Waals surface area contributed by atoms with Crippen LogP contribution in [-0.2, 0) is 6.54 Å². The van der Waals surface area contributed by atoms with E-state index >= 15 is 0 Å². The van der Waals surface area contributed by atoms with E-state index < -0.39 is 0 Å². The van der Waals surface area contributed by atoms with Gasteiger partial charge in [-0.15, -0.1) is 0 Å². The molecule has 0 spiro atoms. The fraction of sp³-hybridized carbons (Fsp3) is 0.667. The number of aromatic nitrogens is 1. The highest BCUT2D eigenvalue weighted by Gasteiger charge is 2.17. The first kappa shape index (κ1) is 14.7. The molecule has 0 amide bonds. The van der Waals surface area contributed by atoms with Gasteiger partial charge in [-0.1, -0.05) is 11.3 Å². The summed E-state index contributed by atoms with van der Waals surface area (Å²) in [7, 11) is 5.53. The molecule has 0 unspecified atom stereocenters. The van der Waals surface area contributed by atoms with E-state index in [2.05, 4.69) is 16.4 Å². The predicted octanol–water partition coefficient (Wildman–Crippen LogP) is 1.86. The molecule has 0 radical (unpaired) electrons. The number of anilines is 1. The van der Waals surface area contributed by atoms with Gasteiger partial charge in [-0.3, -0.25) is 0 Å². The quantitative estimate of drug-likeness (QED) is 0.853. The molecule has 0 aliphatic heterocycles. The van der Waals surface area contributed by atoms with Crippen LogP contribution in [0.25, 0.3) is 0 Å². The van der Waals surface area contributed by atoms with Gasteiger partial charge in [0.2, 0.25) is 5.88 Å². The highest BCUT2D eigenvalue weighted by Crippen LogP contribution is 2.30. The van der Waals surface area contributed by atoms with Crippen molar-refractivity contribution in [3.8, 4) is 11.9 Å². The molecule has 1 aromatic heterocycles. The van der Waals surface area contributed by atoms with Crippen molar-refractivity contribution in [2.24, 2.45) is 5.41 Å². The molecular weight excluding hydrogens is 248 g/mol. The maximum Gasteiger partial charge on any atom is 0.230 e. The summed E-state index contributed by atoms with van der Waals surface area (Å²) in [6.07, 6.45) is 0. The van der Waals surface area contributed by atoms with Gasteiger partial charge in [-0.25, -0.2) is 0 Å². The maximum atomic E-state index is 8.94. The average Bonchev–Trinajstić information content (AvgIpc) is 2.72. The van der Waals surface area contributed by atoms with Gasteiger partial charge in [-0.05, 0) is 13.8 Å². The molecule has 0 aromatic carbocycles. The van der Waals surface area contributed by atoms with Crippen LogP contribution in [0.4, 0.5) is 5.13 Å². The van der Waals surface area contributed by atoms with E-state index in [1.165, 1.54) is 0 Å². The lowest BCUT2D eigenvalue weighted by Crippen LogP contribution is -2.27. The monoisotopic (exact) mass is 268 g/mol. The van der Waals surface area contributed by atoms with E-state index in [0.29, 0.717) is 19.0 Å². The second-order valence-corrected chi connectivity index (χ2v) is 5.98. The number of thiazole rings is 1. The van der Waals surface area contributed by atoms with Crippen molar-refractivity contribution in [1.82, 2.24) is 10.3 Å². The van der Waals surface area contributed by atoms with Gasteiger partial charge in [0, 0.05) is 27.2 Å². The summed E-state index contributed by atoms with van der Waals surface area (Å²) in [5.74, 6) is 0.658. The molecule has 1 N–H and O–H groups in total. The Morgan fingerprint density at radius 2 is 2.17 bits per heavy atom. The van der Waals surface area contributed by atoms with Crippen LogP contribution in [0.5, 0.6) is 5.88 Å². The Morgan fingerprint density at radius 1 is 1.50 bits per heavy atom. The SMILES string of the molecule is COc1nc(N(C)C)sc1CNCC(C)(C)C#N. The highest BCUT2D eigenvalue weighted by molar-refractivity contribution is 7.15. The van der Waals surface area contributed by atoms with Crippen LogP contribution >= 0.6 is 11.3 Å². The van der Waals surface area contributed by atoms with Gasteiger partial charge in [0.25, 0.3) is 0 Å². The lowest BCUT2D eigenvalue weighted by Gasteiger charge is -2.15. The molecule has 0 saturated heterocycles. The zero-order chi connectivity index (χ0) is 13.8. The summed E-state index contributed by atoms with van der Waals surface area (Å²) in [4.78, 5) is 7.39. The molecule has 6 heteroatoms. The minimum absolute atomic E-state index is 0.359. The standard InChI is InChI=1S/C12H20N4OS/c1-12(2,7-13)8-14-6-9-10(17-5)15-11(18-9)16(3)4/h14H,6,8H2,1-5H3. The van der Waals surface area contributed by atoms with Crippen molar-refractivity contribution in [2.75, 3.05) is 32.6 Å². The first-order valence-corrected chi connectivity index (χ1v) is 6.54. The number of nitrogens with one attached hydrogen (secondary N) is 1. The van der Waals surface area contributed by atoms with E-state index in [-0.39, 0.29) is 5.41 Å². The number of nitrogens with zero attached hydrogens (tertiary/aromatic N) is 3. The first-order valence-electron chi connectivity index (χ1n) is 5.72. The molecule has 1 rings (SSSR count). The zero-order valence-electron chi connectivity index (χ0n) is 11.6. The number of nitriles is 1. The smallest absolute Gasteiger partial charge is 0.230 e. The number of ether oxygens (including phenoxy) is 1. The van der Waals surface area contributed by atoms with Gasteiger partial charge < -0.3 is 15.0 Å². The Labute approximate surface area is 112 Å². The van der Waals surface area contributed by atoms with Gasteiger partial charge in [-0.2, -0.15) is 10.2 Å². The van der Waals surface area contributed by atoms with Gasteiger partial charge in [0.15, 0.2) is 5.13 Å². The van der Waals surface area contributed by atoms with Crippen LogP contribution in [0.3, 0.4) is 0 Å². The first-order chi connectivity index (χ1) is 8.39.